The Morgan fingerprint density at radius 3 is 2.23 bits per heavy atom. The zero-order valence-electron chi connectivity index (χ0n) is 16.5. The number of rotatable bonds is 8. The van der Waals surface area contributed by atoms with Crippen LogP contribution < -0.4 is 5.32 Å². The normalized spacial score (nSPS) is 13.4. The average Bonchev–Trinajstić information content (AvgIpc) is 3.07. The fraction of sp³-hybridized carbons (Fsp3) is 0.261. The molecule has 0 bridgehead atoms. The number of hydrogen-bond acceptors (Lipinski definition) is 5. The lowest BCUT2D eigenvalue weighted by Gasteiger charge is -2.18. The van der Waals surface area contributed by atoms with E-state index >= 15 is 0 Å². The van der Waals surface area contributed by atoms with Gasteiger partial charge in [0.15, 0.2) is 0 Å². The van der Waals surface area contributed by atoms with Crippen LogP contribution in [0.25, 0.3) is 11.1 Å². The van der Waals surface area contributed by atoms with Crippen molar-refractivity contribution in [3.8, 4) is 11.1 Å². The van der Waals surface area contributed by atoms with Crippen molar-refractivity contribution in [3.05, 3.63) is 72.0 Å². The van der Waals surface area contributed by atoms with Crippen molar-refractivity contribution in [2.75, 3.05) is 6.61 Å². The lowest BCUT2D eigenvalue weighted by Crippen LogP contribution is -2.42. The van der Waals surface area contributed by atoms with Crippen LogP contribution >= 0.6 is 0 Å². The minimum atomic E-state index is -1.12. The number of aliphatic carboxylic acids is 1. The molecule has 0 radical (unpaired) electrons. The van der Waals surface area contributed by atoms with E-state index in [9.17, 15) is 14.4 Å². The van der Waals surface area contributed by atoms with E-state index in [4.69, 9.17) is 14.6 Å². The molecule has 0 fully saturated rings. The molecule has 7 heteroatoms. The van der Waals surface area contributed by atoms with Crippen molar-refractivity contribution >= 4 is 18.0 Å². The third-order valence-corrected chi connectivity index (χ3v) is 4.89. The summed E-state index contributed by atoms with van der Waals surface area (Å²) < 4.78 is 10.3. The van der Waals surface area contributed by atoms with Gasteiger partial charge in [0, 0.05) is 12.3 Å². The van der Waals surface area contributed by atoms with Crippen LogP contribution in [-0.4, -0.2) is 35.8 Å². The van der Waals surface area contributed by atoms with Gasteiger partial charge < -0.3 is 19.9 Å². The summed E-state index contributed by atoms with van der Waals surface area (Å²) in [6, 6.07) is 14.8. The number of esters is 1. The summed E-state index contributed by atoms with van der Waals surface area (Å²) in [7, 11) is 0. The molecule has 2 N–H and O–H groups in total. The number of alkyl carbamates (subject to hydrolysis) is 1. The van der Waals surface area contributed by atoms with Gasteiger partial charge in [-0.1, -0.05) is 54.6 Å². The summed E-state index contributed by atoms with van der Waals surface area (Å²) in [5.74, 6) is -1.94. The number of carbonyl (C=O) groups excluding carboxylic acids is 2. The Hall–Kier alpha value is -3.61. The first-order valence-corrected chi connectivity index (χ1v) is 9.66. The van der Waals surface area contributed by atoms with Crippen molar-refractivity contribution < 1.29 is 29.0 Å². The maximum Gasteiger partial charge on any atom is 0.407 e. The van der Waals surface area contributed by atoms with Crippen LogP contribution in [0.15, 0.2) is 60.9 Å². The van der Waals surface area contributed by atoms with Crippen LogP contribution in [0.5, 0.6) is 0 Å². The smallest absolute Gasteiger partial charge is 0.407 e. The van der Waals surface area contributed by atoms with E-state index in [-0.39, 0.29) is 25.4 Å². The van der Waals surface area contributed by atoms with E-state index < -0.39 is 24.1 Å². The largest absolute Gasteiger partial charge is 0.481 e. The number of carboxylic acid groups (broad SMARTS) is 1. The summed E-state index contributed by atoms with van der Waals surface area (Å²) in [5.41, 5.74) is 4.36. The minimum Gasteiger partial charge on any atom is -0.481 e. The van der Waals surface area contributed by atoms with E-state index in [1.54, 1.807) is 6.92 Å². The molecule has 7 nitrogen and oxygen atoms in total. The third-order valence-electron chi connectivity index (χ3n) is 4.89. The second-order valence-corrected chi connectivity index (χ2v) is 6.86. The van der Waals surface area contributed by atoms with Crippen molar-refractivity contribution in [2.45, 2.75) is 31.7 Å². The Morgan fingerprint density at radius 2 is 1.67 bits per heavy atom. The SMILES string of the molecule is C/C=C/OC(=O)C(CCC(=O)O)NC(=O)OCC1c2ccccc2-c2ccccc21. The van der Waals surface area contributed by atoms with E-state index in [1.807, 2.05) is 48.5 Å². The minimum absolute atomic E-state index is 0.0927. The number of hydrogen-bond donors (Lipinski definition) is 2. The van der Waals surface area contributed by atoms with Crippen LogP contribution in [0, 0.1) is 0 Å². The van der Waals surface area contributed by atoms with Gasteiger partial charge in [-0.15, -0.1) is 0 Å². The molecule has 156 valence electrons. The number of nitrogens with one attached hydrogen (secondary N) is 1. The number of carboxylic acids is 1. The van der Waals surface area contributed by atoms with Gasteiger partial charge in [-0.05, 0) is 35.6 Å². The molecule has 0 saturated heterocycles. The molecule has 1 amide bonds. The van der Waals surface area contributed by atoms with Gasteiger partial charge in [0.25, 0.3) is 0 Å². The van der Waals surface area contributed by atoms with Crippen molar-refractivity contribution in [2.24, 2.45) is 0 Å². The Balaban J connectivity index is 1.66. The lowest BCUT2D eigenvalue weighted by atomic mass is 9.98. The molecule has 1 atom stereocenters. The monoisotopic (exact) mass is 409 g/mol. The van der Waals surface area contributed by atoms with Gasteiger partial charge in [-0.2, -0.15) is 0 Å². The standard InChI is InChI=1S/C23H23NO6/c1-2-13-29-22(27)20(11-12-21(25)26)24-23(28)30-14-19-17-9-5-3-7-15(17)16-8-4-6-10-18(16)19/h2-10,13,19-20H,11-12,14H2,1H3,(H,24,28)(H,25,26)/b13-2+. The Bertz CT molecular complexity index is 922. The number of carbonyl (C=O) groups is 3. The highest BCUT2D eigenvalue weighted by atomic mass is 16.6. The first kappa shape index (κ1) is 21.1. The van der Waals surface area contributed by atoms with Crippen LogP contribution in [0.3, 0.4) is 0 Å². The first-order chi connectivity index (χ1) is 14.5. The zero-order valence-corrected chi connectivity index (χ0v) is 16.5. The van der Waals surface area contributed by atoms with Gasteiger partial charge in [-0.3, -0.25) is 4.79 Å². The number of allylic oxidation sites excluding steroid dienone is 1. The molecule has 0 aliphatic heterocycles. The summed E-state index contributed by atoms with van der Waals surface area (Å²) in [6.45, 7) is 1.76. The van der Waals surface area contributed by atoms with E-state index in [0.717, 1.165) is 22.3 Å². The fourth-order valence-electron chi connectivity index (χ4n) is 3.52. The predicted octanol–water partition coefficient (Wildman–Crippen LogP) is 3.84. The highest BCUT2D eigenvalue weighted by molar-refractivity contribution is 5.83. The summed E-state index contributed by atoms with van der Waals surface area (Å²) in [5, 5.41) is 11.3. The van der Waals surface area contributed by atoms with Crippen LogP contribution in [0.2, 0.25) is 0 Å². The van der Waals surface area contributed by atoms with Gasteiger partial charge >= 0.3 is 18.0 Å². The molecule has 0 aromatic heterocycles. The second kappa shape index (κ2) is 9.73. The zero-order chi connectivity index (χ0) is 21.5. The molecule has 0 heterocycles. The van der Waals surface area contributed by atoms with Crippen molar-refractivity contribution in [1.29, 1.82) is 0 Å². The van der Waals surface area contributed by atoms with Gasteiger partial charge in [0.05, 0.1) is 6.26 Å². The lowest BCUT2D eigenvalue weighted by molar-refractivity contribution is -0.141. The molecular formula is C23H23NO6. The molecular weight excluding hydrogens is 386 g/mol. The summed E-state index contributed by atoms with van der Waals surface area (Å²) in [6.07, 6.45) is 1.49. The third kappa shape index (κ3) is 4.86. The first-order valence-electron chi connectivity index (χ1n) is 9.66. The van der Waals surface area contributed by atoms with E-state index in [2.05, 4.69) is 5.32 Å². The Morgan fingerprint density at radius 1 is 1.07 bits per heavy atom. The number of fused-ring (bicyclic) bond motifs is 3. The average molecular weight is 409 g/mol. The summed E-state index contributed by atoms with van der Waals surface area (Å²) >= 11 is 0. The Labute approximate surface area is 174 Å². The predicted molar refractivity (Wildman–Crippen MR) is 110 cm³/mol. The molecule has 2 aromatic carbocycles. The molecule has 3 rings (SSSR count). The quantitative estimate of drug-likeness (QED) is 0.507. The number of benzene rings is 2. The molecule has 1 unspecified atom stereocenters. The summed E-state index contributed by atoms with van der Waals surface area (Å²) in [4.78, 5) is 35.3. The van der Waals surface area contributed by atoms with Crippen LogP contribution in [-0.2, 0) is 19.1 Å². The molecule has 0 saturated carbocycles. The Kier molecular flexibility index (Phi) is 6.85. The molecule has 1 aliphatic rings. The van der Waals surface area contributed by atoms with Crippen molar-refractivity contribution in [3.63, 3.8) is 0 Å². The molecule has 0 spiro atoms. The van der Waals surface area contributed by atoms with E-state index in [1.165, 1.54) is 12.3 Å². The van der Waals surface area contributed by atoms with Gasteiger partial charge in [0.1, 0.15) is 12.6 Å². The fourth-order valence-corrected chi connectivity index (χ4v) is 3.52. The highest BCUT2D eigenvalue weighted by Crippen LogP contribution is 2.44. The number of amides is 1. The van der Waals surface area contributed by atoms with E-state index in [0.29, 0.717) is 0 Å². The van der Waals surface area contributed by atoms with Crippen LogP contribution in [0.4, 0.5) is 4.79 Å². The molecule has 30 heavy (non-hydrogen) atoms. The topological polar surface area (TPSA) is 102 Å². The van der Waals surface area contributed by atoms with Crippen LogP contribution in [0.1, 0.15) is 36.8 Å². The molecule has 1 aliphatic carbocycles. The second-order valence-electron chi connectivity index (χ2n) is 6.86. The van der Waals surface area contributed by atoms with Gasteiger partial charge in [0.2, 0.25) is 0 Å². The van der Waals surface area contributed by atoms with Crippen molar-refractivity contribution in [1.82, 2.24) is 5.32 Å². The molecule has 2 aromatic rings. The maximum absolute atomic E-state index is 12.4. The van der Waals surface area contributed by atoms with Gasteiger partial charge in [-0.25, -0.2) is 9.59 Å². The maximum atomic E-state index is 12.4. The highest BCUT2D eigenvalue weighted by Gasteiger charge is 2.30. The number of ether oxygens (including phenoxy) is 2.